The fourth-order valence-corrected chi connectivity index (χ4v) is 5.10. The van der Waals surface area contributed by atoms with Crippen molar-refractivity contribution in [3.63, 3.8) is 0 Å². The van der Waals surface area contributed by atoms with Gasteiger partial charge in [0.05, 0.1) is 29.0 Å². The molecule has 2 fully saturated rings. The number of ether oxygens (including phenoxy) is 3. The standard InChI is InChI=1S/C27H34BrN3O5/c1-27(2,3)36-26(33)30-11-9-18(10-12-30)13-19-16-31(17-19)21-6-8-24(29-15-21)35-23-7-5-20(14-22(23)28)25(32)34-4/h5-8,14-15,18-19H,9-13,16-17H2,1-4H3. The van der Waals surface area contributed by atoms with Crippen LogP contribution in [0.1, 0.15) is 50.4 Å². The molecule has 1 aromatic heterocycles. The van der Waals surface area contributed by atoms with Gasteiger partial charge in [0.25, 0.3) is 0 Å². The molecule has 0 radical (unpaired) electrons. The van der Waals surface area contributed by atoms with E-state index in [9.17, 15) is 9.59 Å². The number of carbonyl (C=O) groups is 2. The first-order chi connectivity index (χ1) is 17.1. The zero-order valence-electron chi connectivity index (χ0n) is 21.3. The zero-order valence-corrected chi connectivity index (χ0v) is 22.9. The van der Waals surface area contributed by atoms with E-state index in [1.165, 1.54) is 13.5 Å². The first-order valence-electron chi connectivity index (χ1n) is 12.4. The zero-order chi connectivity index (χ0) is 25.9. The van der Waals surface area contributed by atoms with Crippen molar-refractivity contribution in [1.29, 1.82) is 0 Å². The van der Waals surface area contributed by atoms with Crippen LogP contribution in [-0.2, 0) is 9.47 Å². The second-order valence-electron chi connectivity index (χ2n) is 10.5. The van der Waals surface area contributed by atoms with Crippen molar-refractivity contribution in [3.8, 4) is 11.6 Å². The van der Waals surface area contributed by atoms with Crippen molar-refractivity contribution >= 4 is 33.7 Å². The van der Waals surface area contributed by atoms with Gasteiger partial charge in [-0.05, 0) is 92.1 Å². The number of amides is 1. The molecule has 36 heavy (non-hydrogen) atoms. The van der Waals surface area contributed by atoms with Gasteiger partial charge in [0.2, 0.25) is 5.88 Å². The molecule has 0 unspecified atom stereocenters. The molecule has 2 aliphatic heterocycles. The highest BCUT2D eigenvalue weighted by atomic mass is 79.9. The van der Waals surface area contributed by atoms with Gasteiger partial charge in [-0.25, -0.2) is 14.6 Å². The van der Waals surface area contributed by atoms with Gasteiger partial charge in [-0.1, -0.05) is 0 Å². The number of benzene rings is 1. The summed E-state index contributed by atoms with van der Waals surface area (Å²) in [6, 6.07) is 8.91. The van der Waals surface area contributed by atoms with Gasteiger partial charge in [-0.2, -0.15) is 0 Å². The molecule has 0 spiro atoms. The Hall–Kier alpha value is -2.81. The summed E-state index contributed by atoms with van der Waals surface area (Å²) in [4.78, 5) is 32.6. The first kappa shape index (κ1) is 26.3. The molecule has 0 saturated carbocycles. The van der Waals surface area contributed by atoms with Crippen molar-refractivity contribution in [2.24, 2.45) is 11.8 Å². The number of likely N-dealkylation sites (tertiary alicyclic amines) is 1. The quantitative estimate of drug-likeness (QED) is 0.407. The van der Waals surface area contributed by atoms with Crippen LogP contribution in [0.4, 0.5) is 10.5 Å². The summed E-state index contributed by atoms with van der Waals surface area (Å²) in [6.45, 7) is 9.32. The van der Waals surface area contributed by atoms with Gasteiger partial charge in [-0.15, -0.1) is 0 Å². The largest absolute Gasteiger partial charge is 0.465 e. The Kier molecular flexibility index (Phi) is 8.07. The van der Waals surface area contributed by atoms with Crippen LogP contribution in [0.3, 0.4) is 0 Å². The average Bonchev–Trinajstić information content (AvgIpc) is 2.82. The number of aromatic nitrogens is 1. The number of hydrogen-bond donors (Lipinski definition) is 0. The van der Waals surface area contributed by atoms with Gasteiger partial charge in [-0.3, -0.25) is 0 Å². The molecule has 4 rings (SSSR count). The smallest absolute Gasteiger partial charge is 0.410 e. The van der Waals surface area contributed by atoms with E-state index in [0.717, 1.165) is 44.7 Å². The fraction of sp³-hybridized carbons (Fsp3) is 0.519. The predicted molar refractivity (Wildman–Crippen MR) is 141 cm³/mol. The molecular formula is C27H34BrN3O5. The second kappa shape index (κ2) is 11.1. The Morgan fingerprint density at radius 2 is 1.81 bits per heavy atom. The number of carbonyl (C=O) groups excluding carboxylic acids is 2. The van der Waals surface area contributed by atoms with Crippen LogP contribution in [0.2, 0.25) is 0 Å². The fourth-order valence-electron chi connectivity index (χ4n) is 4.64. The van der Waals surface area contributed by atoms with E-state index in [0.29, 0.717) is 33.5 Å². The molecule has 3 heterocycles. The number of rotatable bonds is 6. The summed E-state index contributed by atoms with van der Waals surface area (Å²) in [5.74, 6) is 1.99. The molecule has 1 amide bonds. The molecule has 2 aliphatic rings. The van der Waals surface area contributed by atoms with E-state index in [1.54, 1.807) is 18.2 Å². The summed E-state index contributed by atoms with van der Waals surface area (Å²) >= 11 is 3.43. The van der Waals surface area contributed by atoms with Gasteiger partial charge in [0, 0.05) is 32.2 Å². The summed E-state index contributed by atoms with van der Waals surface area (Å²) in [5.41, 5.74) is 1.08. The van der Waals surface area contributed by atoms with Crippen molar-refractivity contribution in [3.05, 3.63) is 46.6 Å². The van der Waals surface area contributed by atoms with Crippen molar-refractivity contribution in [1.82, 2.24) is 9.88 Å². The Morgan fingerprint density at radius 1 is 1.08 bits per heavy atom. The number of hydrogen-bond acceptors (Lipinski definition) is 7. The number of methoxy groups -OCH3 is 1. The minimum absolute atomic E-state index is 0.193. The van der Waals surface area contributed by atoms with Crippen LogP contribution in [0.5, 0.6) is 11.6 Å². The first-order valence-corrected chi connectivity index (χ1v) is 13.1. The Balaban J connectivity index is 1.21. The van der Waals surface area contributed by atoms with E-state index >= 15 is 0 Å². The summed E-state index contributed by atoms with van der Waals surface area (Å²) in [5, 5.41) is 0. The SMILES string of the molecule is COC(=O)c1ccc(Oc2ccc(N3CC(CC4CCN(C(=O)OC(C)(C)C)CC4)C3)cn2)c(Br)c1. The van der Waals surface area contributed by atoms with E-state index in [2.05, 4.69) is 25.8 Å². The van der Waals surface area contributed by atoms with E-state index < -0.39 is 11.6 Å². The highest BCUT2D eigenvalue weighted by molar-refractivity contribution is 9.10. The number of nitrogens with zero attached hydrogens (tertiary/aromatic N) is 3. The molecule has 0 atom stereocenters. The number of halogens is 1. The molecule has 2 saturated heterocycles. The van der Waals surface area contributed by atoms with Crippen molar-refractivity contribution < 1.29 is 23.8 Å². The van der Waals surface area contributed by atoms with Crippen LogP contribution in [-0.4, -0.2) is 60.8 Å². The van der Waals surface area contributed by atoms with E-state index in [4.69, 9.17) is 14.2 Å². The third-order valence-electron chi connectivity index (χ3n) is 6.54. The van der Waals surface area contributed by atoms with Gasteiger partial charge < -0.3 is 24.0 Å². The predicted octanol–water partition coefficient (Wildman–Crippen LogP) is 5.90. The summed E-state index contributed by atoms with van der Waals surface area (Å²) < 4.78 is 16.8. The molecule has 0 aliphatic carbocycles. The number of anilines is 1. The lowest BCUT2D eigenvalue weighted by Gasteiger charge is -2.43. The molecule has 8 nitrogen and oxygen atoms in total. The lowest BCUT2D eigenvalue weighted by molar-refractivity contribution is 0.0173. The molecule has 0 bridgehead atoms. The third-order valence-corrected chi connectivity index (χ3v) is 7.16. The topological polar surface area (TPSA) is 81.2 Å². The van der Waals surface area contributed by atoms with Crippen LogP contribution in [0.15, 0.2) is 41.0 Å². The molecular weight excluding hydrogens is 526 g/mol. The van der Waals surface area contributed by atoms with Crippen LogP contribution < -0.4 is 9.64 Å². The molecule has 1 aromatic carbocycles. The molecule has 0 N–H and O–H groups in total. The maximum atomic E-state index is 12.3. The lowest BCUT2D eigenvalue weighted by atomic mass is 9.83. The Morgan fingerprint density at radius 3 is 2.39 bits per heavy atom. The maximum absolute atomic E-state index is 12.3. The highest BCUT2D eigenvalue weighted by Crippen LogP contribution is 2.34. The van der Waals surface area contributed by atoms with E-state index in [1.807, 2.05) is 44.0 Å². The van der Waals surface area contributed by atoms with Gasteiger partial charge >= 0.3 is 12.1 Å². The van der Waals surface area contributed by atoms with Gasteiger partial charge in [0.1, 0.15) is 11.4 Å². The summed E-state index contributed by atoms with van der Waals surface area (Å²) in [6.07, 6.45) is 4.92. The third kappa shape index (κ3) is 6.69. The highest BCUT2D eigenvalue weighted by Gasteiger charge is 2.32. The van der Waals surface area contributed by atoms with E-state index in [-0.39, 0.29) is 6.09 Å². The molecule has 2 aromatic rings. The second-order valence-corrected chi connectivity index (χ2v) is 11.4. The molecule has 194 valence electrons. The minimum atomic E-state index is -0.448. The number of esters is 1. The van der Waals surface area contributed by atoms with Crippen LogP contribution in [0, 0.1) is 11.8 Å². The van der Waals surface area contributed by atoms with Crippen LogP contribution >= 0.6 is 15.9 Å². The number of piperidine rings is 1. The Labute approximate surface area is 221 Å². The monoisotopic (exact) mass is 559 g/mol. The minimum Gasteiger partial charge on any atom is -0.465 e. The molecule has 9 heteroatoms. The average molecular weight is 560 g/mol. The Bertz CT molecular complexity index is 1070. The lowest BCUT2D eigenvalue weighted by Crippen LogP contribution is -2.48. The summed E-state index contributed by atoms with van der Waals surface area (Å²) in [7, 11) is 1.35. The van der Waals surface area contributed by atoms with Gasteiger partial charge in [0.15, 0.2) is 0 Å². The van der Waals surface area contributed by atoms with Crippen molar-refractivity contribution in [2.45, 2.75) is 45.6 Å². The van der Waals surface area contributed by atoms with Crippen molar-refractivity contribution in [2.75, 3.05) is 38.2 Å². The maximum Gasteiger partial charge on any atom is 0.410 e. The normalized spacial score (nSPS) is 16.9. The van der Waals surface area contributed by atoms with Crippen LogP contribution in [0.25, 0.3) is 0 Å². The number of pyridine rings is 1.